The highest BCUT2D eigenvalue weighted by atomic mass is 32.2. The molecule has 4 rings (SSSR count). The van der Waals surface area contributed by atoms with Gasteiger partial charge in [-0.05, 0) is 60.0 Å². The van der Waals surface area contributed by atoms with Gasteiger partial charge in [-0.2, -0.15) is 0 Å². The largest absolute Gasteiger partial charge is 0.508 e. The molecule has 0 radical (unpaired) electrons. The van der Waals surface area contributed by atoms with Crippen LogP contribution in [0.1, 0.15) is 41.3 Å². The van der Waals surface area contributed by atoms with Crippen molar-refractivity contribution >= 4 is 29.4 Å². The summed E-state index contributed by atoms with van der Waals surface area (Å²) >= 11 is 1.61. The summed E-state index contributed by atoms with van der Waals surface area (Å²) in [5, 5.41) is 21.9. The van der Waals surface area contributed by atoms with Crippen molar-refractivity contribution in [2.24, 2.45) is 0 Å². The summed E-state index contributed by atoms with van der Waals surface area (Å²) < 4.78 is 11.2. The molecule has 3 aromatic carbocycles. The fourth-order valence-electron chi connectivity index (χ4n) is 3.95. The average molecular weight is 463 g/mol. The predicted molar refractivity (Wildman–Crippen MR) is 131 cm³/mol. The Morgan fingerprint density at radius 2 is 1.88 bits per heavy atom. The van der Waals surface area contributed by atoms with E-state index in [9.17, 15) is 15.0 Å². The van der Waals surface area contributed by atoms with Crippen LogP contribution < -0.4 is 15.2 Å². The number of carboxylic acids is 1. The van der Waals surface area contributed by atoms with Crippen molar-refractivity contribution in [3.05, 3.63) is 81.7 Å². The highest BCUT2D eigenvalue weighted by Crippen LogP contribution is 2.39. The zero-order chi connectivity index (χ0) is 23.4. The van der Waals surface area contributed by atoms with Crippen LogP contribution in [0.25, 0.3) is 11.6 Å². The van der Waals surface area contributed by atoms with Gasteiger partial charge < -0.3 is 19.7 Å². The monoisotopic (exact) mass is 462 g/mol. The van der Waals surface area contributed by atoms with E-state index >= 15 is 0 Å². The fraction of sp³-hybridized carbons (Fsp3) is 0.222. The smallest absolute Gasteiger partial charge is 0.336 e. The van der Waals surface area contributed by atoms with Crippen LogP contribution >= 0.6 is 11.8 Å². The van der Waals surface area contributed by atoms with Gasteiger partial charge >= 0.3 is 5.97 Å². The van der Waals surface area contributed by atoms with E-state index in [1.165, 1.54) is 0 Å². The van der Waals surface area contributed by atoms with Crippen LogP contribution in [0.3, 0.4) is 0 Å². The van der Waals surface area contributed by atoms with Crippen molar-refractivity contribution in [2.75, 3.05) is 19.5 Å². The lowest BCUT2D eigenvalue weighted by atomic mass is 9.89. The van der Waals surface area contributed by atoms with E-state index in [4.69, 9.17) is 9.47 Å². The maximum Gasteiger partial charge on any atom is 0.336 e. The van der Waals surface area contributed by atoms with E-state index in [-0.39, 0.29) is 11.3 Å². The molecule has 0 spiro atoms. The van der Waals surface area contributed by atoms with Gasteiger partial charge in [0.1, 0.15) is 17.2 Å². The Labute approximate surface area is 197 Å². The zero-order valence-corrected chi connectivity index (χ0v) is 19.4. The molecule has 170 valence electrons. The number of phenols is 1. The predicted octanol–water partition coefficient (Wildman–Crippen LogP) is 4.76. The van der Waals surface area contributed by atoms with Crippen molar-refractivity contribution in [3.8, 4) is 17.2 Å². The molecule has 3 aromatic rings. The Kier molecular flexibility index (Phi) is 7.06. The fourth-order valence-corrected chi connectivity index (χ4v) is 4.81. The molecule has 1 aliphatic rings. The number of benzene rings is 3. The number of carbonyl (C=O) groups is 1. The van der Waals surface area contributed by atoms with Crippen molar-refractivity contribution in [1.29, 1.82) is 0 Å². The first-order chi connectivity index (χ1) is 16.0. The van der Waals surface area contributed by atoms with Gasteiger partial charge in [0.25, 0.3) is 0 Å². The van der Waals surface area contributed by atoms with Crippen molar-refractivity contribution in [3.63, 3.8) is 0 Å². The molecule has 0 saturated heterocycles. The number of rotatable bonds is 8. The molecule has 5 nitrogen and oxygen atoms in total. The maximum atomic E-state index is 12.3. The van der Waals surface area contributed by atoms with E-state index in [0.29, 0.717) is 23.7 Å². The Balaban J connectivity index is 1.91. The standard InChI is InChI=1S/C27H26O5S/c1-3-5-17-6-9-21-24(14-17)32-25-15-18(28)7-10-22(25)26(21)20-11-8-19(16-23(20)27(29)30)33-13-4-12-31-2/h5-11,14-16,28H,3-4,12-13H2,1-2H3,(H,29,30)/b17-5-. The van der Waals surface area contributed by atoms with Crippen LogP contribution in [-0.2, 0) is 4.74 Å². The number of hydrogen-bond donors (Lipinski definition) is 2. The quantitative estimate of drug-likeness (QED) is 0.290. The third kappa shape index (κ3) is 4.92. The summed E-state index contributed by atoms with van der Waals surface area (Å²) in [4.78, 5) is 13.2. The molecule has 0 fully saturated rings. The third-order valence-electron chi connectivity index (χ3n) is 5.42. The molecule has 1 aliphatic heterocycles. The van der Waals surface area contributed by atoms with Crippen LogP contribution in [0.5, 0.6) is 17.2 Å². The van der Waals surface area contributed by atoms with Gasteiger partial charge in [0.05, 0.1) is 5.56 Å². The number of phenolic OH excluding ortho intramolecular Hbond substituents is 1. The van der Waals surface area contributed by atoms with Gasteiger partial charge in [-0.25, -0.2) is 4.79 Å². The van der Waals surface area contributed by atoms with Crippen LogP contribution in [0.4, 0.5) is 0 Å². The lowest BCUT2D eigenvalue weighted by Crippen LogP contribution is -2.21. The van der Waals surface area contributed by atoms with E-state index in [0.717, 1.165) is 45.1 Å². The maximum absolute atomic E-state index is 12.3. The molecule has 0 atom stereocenters. The molecule has 0 saturated carbocycles. The molecule has 6 heteroatoms. The number of thioether (sulfide) groups is 1. The van der Waals surface area contributed by atoms with Gasteiger partial charge in [-0.3, -0.25) is 0 Å². The number of fused-ring (bicyclic) bond motifs is 2. The Morgan fingerprint density at radius 3 is 2.64 bits per heavy atom. The van der Waals surface area contributed by atoms with E-state index in [1.807, 2.05) is 30.3 Å². The van der Waals surface area contributed by atoms with Gasteiger partial charge in [0.2, 0.25) is 0 Å². The van der Waals surface area contributed by atoms with Crippen LogP contribution in [0, 0.1) is 0 Å². The minimum absolute atomic E-state index is 0.0918. The third-order valence-corrected chi connectivity index (χ3v) is 6.50. The Morgan fingerprint density at radius 1 is 1.06 bits per heavy atom. The van der Waals surface area contributed by atoms with Gasteiger partial charge in [0, 0.05) is 46.8 Å². The van der Waals surface area contributed by atoms with Gasteiger partial charge in [-0.1, -0.05) is 25.1 Å². The molecule has 0 bridgehead atoms. The summed E-state index contributed by atoms with van der Waals surface area (Å²) in [7, 11) is 1.67. The van der Waals surface area contributed by atoms with Gasteiger partial charge in [-0.15, -0.1) is 11.8 Å². The van der Waals surface area contributed by atoms with Crippen LogP contribution in [-0.4, -0.2) is 35.7 Å². The number of methoxy groups -OCH3 is 1. The molecule has 0 aliphatic carbocycles. The molecule has 33 heavy (non-hydrogen) atoms. The summed E-state index contributed by atoms with van der Waals surface area (Å²) in [6.45, 7) is 2.74. The number of hydrogen-bond acceptors (Lipinski definition) is 5. The van der Waals surface area contributed by atoms with E-state index in [1.54, 1.807) is 43.1 Å². The molecular formula is C27H26O5S. The average Bonchev–Trinajstić information content (AvgIpc) is 2.80. The van der Waals surface area contributed by atoms with Crippen LogP contribution in [0.2, 0.25) is 0 Å². The second-order valence-corrected chi connectivity index (χ2v) is 8.90. The second-order valence-electron chi connectivity index (χ2n) is 7.73. The number of ether oxygens (including phenoxy) is 2. The minimum Gasteiger partial charge on any atom is -0.508 e. The number of aromatic carboxylic acids is 1. The number of carboxylic acid groups (broad SMARTS) is 1. The zero-order valence-electron chi connectivity index (χ0n) is 18.6. The first kappa shape index (κ1) is 23.0. The first-order valence-electron chi connectivity index (χ1n) is 10.9. The van der Waals surface area contributed by atoms with Crippen molar-refractivity contribution in [1.82, 2.24) is 0 Å². The van der Waals surface area contributed by atoms with Crippen molar-refractivity contribution in [2.45, 2.75) is 24.7 Å². The highest BCUT2D eigenvalue weighted by Gasteiger charge is 2.24. The van der Waals surface area contributed by atoms with E-state index in [2.05, 4.69) is 13.0 Å². The molecule has 1 heterocycles. The molecule has 0 amide bonds. The highest BCUT2D eigenvalue weighted by molar-refractivity contribution is 7.99. The summed E-state index contributed by atoms with van der Waals surface area (Å²) in [5.41, 5.74) is 2.38. The Bertz CT molecular complexity index is 1310. The Hall–Kier alpha value is -3.22. The molecule has 0 aromatic heterocycles. The van der Waals surface area contributed by atoms with E-state index < -0.39 is 5.97 Å². The molecule has 0 unspecified atom stereocenters. The summed E-state index contributed by atoms with van der Waals surface area (Å²) in [6.07, 6.45) is 3.88. The second kappa shape index (κ2) is 10.1. The van der Waals surface area contributed by atoms with Crippen LogP contribution in [0.15, 0.2) is 59.5 Å². The lowest BCUT2D eigenvalue weighted by Gasteiger charge is -2.22. The SMILES string of the molecule is CC/C=c1/ccc2c(c1)Oc1cc(O)ccc1C=2c1ccc(SCCCOC)cc1C(=O)O. The summed E-state index contributed by atoms with van der Waals surface area (Å²) in [6, 6.07) is 16.4. The normalized spacial score (nSPS) is 12.8. The number of aromatic hydroxyl groups is 1. The lowest BCUT2D eigenvalue weighted by molar-refractivity contribution is 0.0696. The molecular weight excluding hydrogens is 436 g/mol. The molecule has 2 N–H and O–H groups in total. The minimum atomic E-state index is -0.985. The van der Waals surface area contributed by atoms with Crippen molar-refractivity contribution < 1.29 is 24.5 Å². The van der Waals surface area contributed by atoms with Gasteiger partial charge in [0.15, 0.2) is 0 Å². The topological polar surface area (TPSA) is 76.0 Å². The first-order valence-corrected chi connectivity index (χ1v) is 11.9. The summed E-state index contributed by atoms with van der Waals surface area (Å²) in [5.74, 6) is 1.09.